The number of hydrogen-bond donors (Lipinski definition) is 0. The molecule has 0 saturated heterocycles. The summed E-state index contributed by atoms with van der Waals surface area (Å²) in [6.45, 7) is 0. The Labute approximate surface area is 137 Å². The maximum atomic E-state index is 6.55. The molecule has 1 unspecified atom stereocenters. The fourth-order valence-corrected chi connectivity index (χ4v) is 5.08. The largest absolute Gasteiger partial charge is 0.497 e. The van der Waals surface area contributed by atoms with Gasteiger partial charge in [0.2, 0.25) is 0 Å². The fourth-order valence-electron chi connectivity index (χ4n) is 1.68. The molecular formula is C13H11Br2ClO2S. The van der Waals surface area contributed by atoms with E-state index in [1.165, 1.54) is 0 Å². The molecule has 0 aliphatic rings. The van der Waals surface area contributed by atoms with Crippen molar-refractivity contribution in [2.24, 2.45) is 0 Å². The van der Waals surface area contributed by atoms with Crippen molar-refractivity contribution in [2.45, 2.75) is 5.38 Å². The van der Waals surface area contributed by atoms with E-state index >= 15 is 0 Å². The zero-order valence-electron chi connectivity index (χ0n) is 10.2. The minimum atomic E-state index is -0.263. The first-order valence-electron chi connectivity index (χ1n) is 5.37. The third kappa shape index (κ3) is 3.45. The molecule has 0 bridgehead atoms. The summed E-state index contributed by atoms with van der Waals surface area (Å²) < 4.78 is 12.6. The molecule has 102 valence electrons. The quantitative estimate of drug-likeness (QED) is 0.591. The highest BCUT2D eigenvalue weighted by Gasteiger charge is 2.18. The minimum Gasteiger partial charge on any atom is -0.497 e. The van der Waals surface area contributed by atoms with Crippen molar-refractivity contribution >= 4 is 54.8 Å². The smallest absolute Gasteiger partial charge is 0.122 e. The molecule has 1 heterocycles. The van der Waals surface area contributed by atoms with Crippen molar-refractivity contribution in [3.8, 4) is 11.5 Å². The summed E-state index contributed by atoms with van der Waals surface area (Å²) in [4.78, 5) is 0. The molecule has 2 nitrogen and oxygen atoms in total. The Bertz CT molecular complexity index is 564. The first kappa shape index (κ1) is 15.2. The van der Waals surface area contributed by atoms with Crippen LogP contribution < -0.4 is 9.47 Å². The number of hydrogen-bond acceptors (Lipinski definition) is 3. The molecule has 1 aromatic carbocycles. The van der Waals surface area contributed by atoms with Crippen molar-refractivity contribution in [2.75, 3.05) is 14.2 Å². The molecule has 0 amide bonds. The van der Waals surface area contributed by atoms with Crippen LogP contribution in [-0.4, -0.2) is 14.2 Å². The lowest BCUT2D eigenvalue weighted by molar-refractivity contribution is 0.393. The Balaban J connectivity index is 2.43. The molecule has 2 aromatic rings. The van der Waals surface area contributed by atoms with E-state index in [-0.39, 0.29) is 5.38 Å². The van der Waals surface area contributed by atoms with Gasteiger partial charge in [-0.05, 0) is 55.6 Å². The standard InChI is InChI=1S/C13H11Br2ClO2S/c1-17-8-3-7(4-9(5-8)18-2)12(16)10-6-11(14)19-13(10)15/h3-6,12H,1-2H3. The third-order valence-electron chi connectivity index (χ3n) is 2.62. The van der Waals surface area contributed by atoms with Crippen molar-refractivity contribution in [3.05, 3.63) is 43.0 Å². The first-order valence-corrected chi connectivity index (χ1v) is 8.20. The molecule has 0 saturated carbocycles. The van der Waals surface area contributed by atoms with E-state index in [1.807, 2.05) is 24.3 Å². The number of alkyl halides is 1. The Hall–Kier alpha value is -0.230. The zero-order chi connectivity index (χ0) is 14.0. The highest BCUT2D eigenvalue weighted by atomic mass is 79.9. The molecule has 19 heavy (non-hydrogen) atoms. The minimum absolute atomic E-state index is 0.263. The number of thiophene rings is 1. The van der Waals surface area contributed by atoms with Crippen LogP contribution >= 0.6 is 54.8 Å². The molecule has 2 rings (SSSR count). The summed E-state index contributed by atoms with van der Waals surface area (Å²) in [6.07, 6.45) is 0. The predicted molar refractivity (Wildman–Crippen MR) is 87.0 cm³/mol. The molecular weight excluding hydrogens is 415 g/mol. The van der Waals surface area contributed by atoms with E-state index in [4.69, 9.17) is 21.1 Å². The zero-order valence-corrected chi connectivity index (χ0v) is 15.0. The van der Waals surface area contributed by atoms with Gasteiger partial charge in [0.15, 0.2) is 0 Å². The van der Waals surface area contributed by atoms with Crippen molar-refractivity contribution in [1.82, 2.24) is 0 Å². The Morgan fingerprint density at radius 2 is 1.63 bits per heavy atom. The van der Waals surface area contributed by atoms with Gasteiger partial charge in [-0.25, -0.2) is 0 Å². The highest BCUT2D eigenvalue weighted by Crippen LogP contribution is 2.42. The lowest BCUT2D eigenvalue weighted by atomic mass is 10.1. The maximum Gasteiger partial charge on any atom is 0.122 e. The molecule has 0 aliphatic heterocycles. The average Bonchev–Trinajstić information content (AvgIpc) is 2.76. The molecule has 1 aromatic heterocycles. The van der Waals surface area contributed by atoms with Crippen LogP contribution in [0.5, 0.6) is 11.5 Å². The van der Waals surface area contributed by atoms with Crippen LogP contribution in [0.1, 0.15) is 16.5 Å². The van der Waals surface area contributed by atoms with Crippen molar-refractivity contribution < 1.29 is 9.47 Å². The van der Waals surface area contributed by atoms with Gasteiger partial charge >= 0.3 is 0 Å². The topological polar surface area (TPSA) is 18.5 Å². The fraction of sp³-hybridized carbons (Fsp3) is 0.231. The molecule has 0 spiro atoms. The second-order valence-electron chi connectivity index (χ2n) is 3.79. The van der Waals surface area contributed by atoms with Crippen LogP contribution in [0, 0.1) is 0 Å². The number of methoxy groups -OCH3 is 2. The van der Waals surface area contributed by atoms with E-state index in [0.29, 0.717) is 0 Å². The van der Waals surface area contributed by atoms with Crippen LogP contribution in [-0.2, 0) is 0 Å². The summed E-state index contributed by atoms with van der Waals surface area (Å²) in [6, 6.07) is 7.67. The van der Waals surface area contributed by atoms with Gasteiger partial charge in [-0.2, -0.15) is 0 Å². The first-order chi connectivity index (χ1) is 9.05. The summed E-state index contributed by atoms with van der Waals surface area (Å²) >= 11 is 15.1. The van der Waals surface area contributed by atoms with Gasteiger partial charge in [-0.1, -0.05) is 0 Å². The second-order valence-corrected chi connectivity index (χ2v) is 7.97. The lowest BCUT2D eigenvalue weighted by Gasteiger charge is -2.13. The second kappa shape index (κ2) is 6.48. The summed E-state index contributed by atoms with van der Waals surface area (Å²) in [7, 11) is 3.25. The van der Waals surface area contributed by atoms with Crippen LogP contribution in [0.4, 0.5) is 0 Å². The van der Waals surface area contributed by atoms with E-state index in [2.05, 4.69) is 31.9 Å². The van der Waals surface area contributed by atoms with Crippen LogP contribution in [0.25, 0.3) is 0 Å². The molecule has 6 heteroatoms. The van der Waals surface area contributed by atoms with Crippen molar-refractivity contribution in [1.29, 1.82) is 0 Å². The molecule has 0 fully saturated rings. The molecule has 0 radical (unpaired) electrons. The van der Waals surface area contributed by atoms with Gasteiger partial charge in [0.05, 0.1) is 27.2 Å². The van der Waals surface area contributed by atoms with Crippen molar-refractivity contribution in [3.63, 3.8) is 0 Å². The predicted octanol–water partition coefficient (Wildman–Crippen LogP) is 5.62. The number of ether oxygens (including phenoxy) is 2. The number of benzene rings is 1. The Morgan fingerprint density at radius 1 is 1.05 bits per heavy atom. The maximum absolute atomic E-state index is 6.55. The normalized spacial score (nSPS) is 12.3. The molecule has 1 atom stereocenters. The molecule has 0 aliphatic carbocycles. The van der Waals surface area contributed by atoms with Crippen LogP contribution in [0.15, 0.2) is 31.8 Å². The lowest BCUT2D eigenvalue weighted by Crippen LogP contribution is -1.95. The summed E-state index contributed by atoms with van der Waals surface area (Å²) in [5.74, 6) is 1.45. The number of rotatable bonds is 4. The third-order valence-corrected chi connectivity index (χ3v) is 5.50. The van der Waals surface area contributed by atoms with E-state index in [9.17, 15) is 0 Å². The Kier molecular flexibility index (Phi) is 5.17. The van der Waals surface area contributed by atoms with E-state index in [1.54, 1.807) is 25.6 Å². The van der Waals surface area contributed by atoms with E-state index in [0.717, 1.165) is 30.2 Å². The monoisotopic (exact) mass is 424 g/mol. The van der Waals surface area contributed by atoms with Gasteiger partial charge < -0.3 is 9.47 Å². The van der Waals surface area contributed by atoms with Gasteiger partial charge in [0.25, 0.3) is 0 Å². The summed E-state index contributed by atoms with van der Waals surface area (Å²) in [5.41, 5.74) is 1.96. The number of halogens is 3. The van der Waals surface area contributed by atoms with Gasteiger partial charge in [-0.15, -0.1) is 22.9 Å². The Morgan fingerprint density at radius 3 is 2.05 bits per heavy atom. The van der Waals surface area contributed by atoms with Gasteiger partial charge in [-0.3, -0.25) is 0 Å². The van der Waals surface area contributed by atoms with Gasteiger partial charge in [0, 0.05) is 11.6 Å². The van der Waals surface area contributed by atoms with Crippen LogP contribution in [0.3, 0.4) is 0 Å². The SMILES string of the molecule is COc1cc(OC)cc(C(Cl)c2cc(Br)sc2Br)c1. The van der Waals surface area contributed by atoms with Gasteiger partial charge in [0.1, 0.15) is 11.5 Å². The summed E-state index contributed by atoms with van der Waals surface area (Å²) in [5, 5.41) is -0.263. The highest BCUT2D eigenvalue weighted by molar-refractivity contribution is 9.12. The van der Waals surface area contributed by atoms with E-state index < -0.39 is 0 Å². The molecule has 0 N–H and O–H groups in total. The van der Waals surface area contributed by atoms with Crippen LogP contribution in [0.2, 0.25) is 0 Å². The average molecular weight is 427 g/mol.